The van der Waals surface area contributed by atoms with E-state index in [1.165, 1.54) is 4.68 Å². The number of rotatable bonds is 6. The molecule has 0 spiro atoms. The van der Waals surface area contributed by atoms with Gasteiger partial charge in [0.05, 0.1) is 13.1 Å². The van der Waals surface area contributed by atoms with Crippen LogP contribution in [0.4, 0.5) is 5.69 Å². The van der Waals surface area contributed by atoms with E-state index in [0.717, 1.165) is 15.7 Å². The third kappa shape index (κ3) is 4.45. The molecule has 0 unspecified atom stereocenters. The Kier molecular flexibility index (Phi) is 5.28. The summed E-state index contributed by atoms with van der Waals surface area (Å²) in [5, 5.41) is 7.53. The van der Waals surface area contributed by atoms with Crippen molar-refractivity contribution in [3.05, 3.63) is 87.0 Å². The highest BCUT2D eigenvalue weighted by molar-refractivity contribution is 9.10. The van der Waals surface area contributed by atoms with E-state index in [-0.39, 0.29) is 5.69 Å². The van der Waals surface area contributed by atoms with Gasteiger partial charge in [-0.25, -0.2) is 9.48 Å². The summed E-state index contributed by atoms with van der Waals surface area (Å²) in [7, 11) is 0. The third-order valence-electron chi connectivity index (χ3n) is 3.42. The Morgan fingerprint density at radius 3 is 2.62 bits per heavy atom. The largest absolute Gasteiger partial charge is 0.378 e. The number of aromatic nitrogens is 3. The van der Waals surface area contributed by atoms with E-state index in [0.29, 0.717) is 18.9 Å². The number of H-pyrrole nitrogens is 1. The number of aromatic amines is 1. The monoisotopic (exact) mass is 384 g/mol. The van der Waals surface area contributed by atoms with Crippen molar-refractivity contribution >= 4 is 27.7 Å². The van der Waals surface area contributed by atoms with Crippen LogP contribution >= 0.6 is 15.9 Å². The van der Waals surface area contributed by atoms with Gasteiger partial charge in [-0.1, -0.05) is 58.4 Å². The van der Waals surface area contributed by atoms with Crippen molar-refractivity contribution in [1.29, 1.82) is 0 Å². The lowest BCUT2D eigenvalue weighted by atomic mass is 10.2. The Morgan fingerprint density at radius 2 is 1.88 bits per heavy atom. The summed E-state index contributed by atoms with van der Waals surface area (Å²) in [5.74, 6) is 0.607. The second kappa shape index (κ2) is 7.79. The molecule has 0 saturated heterocycles. The van der Waals surface area contributed by atoms with Crippen molar-refractivity contribution in [1.82, 2.24) is 14.8 Å². The summed E-state index contributed by atoms with van der Waals surface area (Å²) >= 11 is 3.40. The predicted molar refractivity (Wildman–Crippen MR) is 99.8 cm³/mol. The van der Waals surface area contributed by atoms with Crippen molar-refractivity contribution in [3.63, 3.8) is 0 Å². The van der Waals surface area contributed by atoms with Gasteiger partial charge in [0, 0.05) is 10.2 Å². The van der Waals surface area contributed by atoms with E-state index in [4.69, 9.17) is 0 Å². The van der Waals surface area contributed by atoms with E-state index in [9.17, 15) is 4.79 Å². The van der Waals surface area contributed by atoms with Crippen LogP contribution in [0, 0.1) is 0 Å². The molecule has 5 nitrogen and oxygen atoms in total. The molecule has 2 N–H and O–H groups in total. The number of allylic oxidation sites excluding steroid dienone is 1. The predicted octanol–water partition coefficient (Wildman–Crippen LogP) is 3.66. The number of benzene rings is 2. The number of nitrogens with zero attached hydrogens (tertiary/aromatic N) is 2. The molecule has 0 aliphatic carbocycles. The Morgan fingerprint density at radius 1 is 1.12 bits per heavy atom. The first-order valence-corrected chi connectivity index (χ1v) is 8.37. The van der Waals surface area contributed by atoms with Crippen LogP contribution in [0.5, 0.6) is 0 Å². The van der Waals surface area contributed by atoms with Crippen LogP contribution in [-0.4, -0.2) is 14.8 Å². The Balaban J connectivity index is 1.59. The number of halogens is 1. The van der Waals surface area contributed by atoms with E-state index >= 15 is 0 Å². The topological polar surface area (TPSA) is 62.7 Å². The van der Waals surface area contributed by atoms with E-state index in [1.807, 2.05) is 66.7 Å². The van der Waals surface area contributed by atoms with Gasteiger partial charge in [0.2, 0.25) is 0 Å². The van der Waals surface area contributed by atoms with Crippen molar-refractivity contribution in [2.45, 2.75) is 13.1 Å². The van der Waals surface area contributed by atoms with Gasteiger partial charge in [0.1, 0.15) is 5.82 Å². The lowest BCUT2D eigenvalue weighted by molar-refractivity contribution is 0.665. The average molecular weight is 385 g/mol. The standard InChI is InChI=1S/C18H17BrN4O/c19-15-8-10-16(11-9-15)20-13-17-21-18(24)23(22-17)12-4-7-14-5-2-1-3-6-14/h1-11,20H,12-13H2,(H,21,22,24). The molecule has 0 amide bonds. The lowest BCUT2D eigenvalue weighted by Gasteiger charge is -2.03. The van der Waals surface area contributed by atoms with Crippen LogP contribution in [0.3, 0.4) is 0 Å². The highest BCUT2D eigenvalue weighted by Crippen LogP contribution is 2.14. The molecule has 0 atom stereocenters. The zero-order valence-electron chi connectivity index (χ0n) is 12.9. The van der Waals surface area contributed by atoms with Crippen molar-refractivity contribution in [3.8, 4) is 0 Å². The summed E-state index contributed by atoms with van der Waals surface area (Å²) in [6.45, 7) is 0.898. The minimum Gasteiger partial charge on any atom is -0.378 e. The molecule has 0 bridgehead atoms. The molecule has 3 aromatic rings. The first kappa shape index (κ1) is 16.3. The number of hydrogen-bond acceptors (Lipinski definition) is 3. The van der Waals surface area contributed by atoms with Crippen LogP contribution in [0.15, 0.2) is 69.9 Å². The van der Waals surface area contributed by atoms with E-state index in [1.54, 1.807) is 0 Å². The molecular weight excluding hydrogens is 368 g/mol. The molecule has 0 aliphatic rings. The summed E-state index contributed by atoms with van der Waals surface area (Å²) in [6.07, 6.45) is 3.89. The zero-order chi connectivity index (χ0) is 16.8. The molecule has 0 saturated carbocycles. The Bertz CT molecular complexity index is 866. The normalized spacial score (nSPS) is 11.0. The third-order valence-corrected chi connectivity index (χ3v) is 3.95. The number of nitrogens with one attached hydrogen (secondary N) is 2. The molecule has 24 heavy (non-hydrogen) atoms. The van der Waals surface area contributed by atoms with Crippen LogP contribution in [0.25, 0.3) is 6.08 Å². The highest BCUT2D eigenvalue weighted by Gasteiger charge is 2.03. The molecule has 1 aromatic heterocycles. The van der Waals surface area contributed by atoms with Gasteiger partial charge < -0.3 is 5.32 Å². The average Bonchev–Trinajstić information content (AvgIpc) is 2.95. The quantitative estimate of drug-likeness (QED) is 0.681. The fraction of sp³-hybridized carbons (Fsp3) is 0.111. The minimum atomic E-state index is -0.208. The summed E-state index contributed by atoms with van der Waals surface area (Å²) < 4.78 is 2.44. The maximum atomic E-state index is 11.9. The molecule has 1 heterocycles. The van der Waals surface area contributed by atoms with Crippen molar-refractivity contribution < 1.29 is 0 Å². The van der Waals surface area contributed by atoms with Gasteiger partial charge in [0.25, 0.3) is 0 Å². The fourth-order valence-corrected chi connectivity index (χ4v) is 2.48. The first-order valence-electron chi connectivity index (χ1n) is 7.58. The van der Waals surface area contributed by atoms with Crippen LogP contribution in [0.2, 0.25) is 0 Å². The Hall–Kier alpha value is -2.60. The Labute approximate surface area is 148 Å². The molecule has 3 rings (SSSR count). The van der Waals surface area contributed by atoms with Crippen molar-refractivity contribution in [2.75, 3.05) is 5.32 Å². The molecule has 0 fully saturated rings. The number of anilines is 1. The van der Waals surface area contributed by atoms with Gasteiger partial charge in [0.15, 0.2) is 0 Å². The van der Waals surface area contributed by atoms with Crippen LogP contribution in [-0.2, 0) is 13.1 Å². The smallest absolute Gasteiger partial charge is 0.343 e. The molecule has 6 heteroatoms. The van der Waals surface area contributed by atoms with Gasteiger partial charge in [-0.05, 0) is 29.8 Å². The first-order chi connectivity index (χ1) is 11.7. The van der Waals surface area contributed by atoms with Gasteiger partial charge >= 0.3 is 5.69 Å². The van der Waals surface area contributed by atoms with Crippen LogP contribution < -0.4 is 11.0 Å². The minimum absolute atomic E-state index is 0.208. The number of hydrogen-bond donors (Lipinski definition) is 2. The van der Waals surface area contributed by atoms with E-state index in [2.05, 4.69) is 31.3 Å². The molecule has 122 valence electrons. The zero-order valence-corrected chi connectivity index (χ0v) is 14.5. The second-order valence-corrected chi connectivity index (χ2v) is 6.15. The van der Waals surface area contributed by atoms with Gasteiger partial charge in [-0.3, -0.25) is 4.98 Å². The molecule has 0 aliphatic heterocycles. The molecule has 0 radical (unpaired) electrons. The summed E-state index contributed by atoms with van der Waals surface area (Å²) in [6, 6.07) is 17.8. The maximum absolute atomic E-state index is 11.9. The molecule has 2 aromatic carbocycles. The van der Waals surface area contributed by atoms with Gasteiger partial charge in [-0.15, -0.1) is 0 Å². The van der Waals surface area contributed by atoms with E-state index < -0.39 is 0 Å². The summed E-state index contributed by atoms with van der Waals surface area (Å²) in [5.41, 5.74) is 1.86. The van der Waals surface area contributed by atoms with Crippen molar-refractivity contribution in [2.24, 2.45) is 0 Å². The fourth-order valence-electron chi connectivity index (χ4n) is 2.21. The SMILES string of the molecule is O=c1[nH]c(CNc2ccc(Br)cc2)nn1CC=Cc1ccccc1. The second-order valence-electron chi connectivity index (χ2n) is 5.23. The van der Waals surface area contributed by atoms with Gasteiger partial charge in [-0.2, -0.15) is 5.10 Å². The molecular formula is C18H17BrN4O. The lowest BCUT2D eigenvalue weighted by Crippen LogP contribution is -2.16. The highest BCUT2D eigenvalue weighted by atomic mass is 79.9. The summed E-state index contributed by atoms with van der Waals surface area (Å²) in [4.78, 5) is 14.7. The van der Waals surface area contributed by atoms with Crippen LogP contribution in [0.1, 0.15) is 11.4 Å². The maximum Gasteiger partial charge on any atom is 0.343 e.